The molecule has 0 heterocycles. The molecule has 0 atom stereocenters. The van der Waals surface area contributed by atoms with Crippen molar-refractivity contribution in [3.8, 4) is 11.5 Å². The molecule has 170 valence electrons. The van der Waals surface area contributed by atoms with Crippen molar-refractivity contribution in [1.82, 2.24) is 5.43 Å². The minimum absolute atomic E-state index is 0.0150. The van der Waals surface area contributed by atoms with Crippen LogP contribution in [0.2, 0.25) is 0 Å². The number of amides is 2. The fourth-order valence-corrected chi connectivity index (χ4v) is 3.08. The van der Waals surface area contributed by atoms with Gasteiger partial charge >= 0.3 is 0 Å². The quantitative estimate of drug-likeness (QED) is 0.300. The second-order valence-electron chi connectivity index (χ2n) is 7.03. The predicted octanol–water partition coefficient (Wildman–Crippen LogP) is 4.91. The van der Waals surface area contributed by atoms with Gasteiger partial charge in [-0.05, 0) is 59.7 Å². The van der Waals surface area contributed by atoms with E-state index in [-0.39, 0.29) is 24.7 Å². The zero-order chi connectivity index (χ0) is 23.5. The molecule has 0 aliphatic rings. The summed E-state index contributed by atoms with van der Waals surface area (Å²) in [5.41, 5.74) is 4.87. The molecule has 3 aromatic rings. The van der Waals surface area contributed by atoms with Crippen LogP contribution in [0.15, 0.2) is 82.4 Å². The maximum atomic E-state index is 12.1. The fourth-order valence-electron chi connectivity index (χ4n) is 2.82. The number of anilines is 1. The van der Waals surface area contributed by atoms with Crippen LogP contribution in [-0.4, -0.2) is 25.1 Å². The molecule has 0 aliphatic heterocycles. The topological polar surface area (TPSA) is 89.0 Å². The number of hydrogen-bond acceptors (Lipinski definition) is 5. The number of nitrogens with zero attached hydrogens (tertiary/aromatic N) is 1. The number of hydrogen-bond donors (Lipinski definition) is 2. The largest absolute Gasteiger partial charge is 0.495 e. The van der Waals surface area contributed by atoms with E-state index in [4.69, 9.17) is 9.47 Å². The van der Waals surface area contributed by atoms with Gasteiger partial charge in [-0.25, -0.2) is 5.43 Å². The van der Waals surface area contributed by atoms with Crippen LogP contribution in [0.5, 0.6) is 11.5 Å². The molecule has 0 bridgehead atoms. The highest BCUT2D eigenvalue weighted by atomic mass is 79.9. The third kappa shape index (κ3) is 8.08. The molecule has 0 fully saturated rings. The summed E-state index contributed by atoms with van der Waals surface area (Å²) < 4.78 is 12.0. The first-order valence-electron chi connectivity index (χ1n) is 10.3. The second kappa shape index (κ2) is 12.4. The van der Waals surface area contributed by atoms with Crippen molar-refractivity contribution >= 4 is 39.6 Å². The van der Waals surface area contributed by atoms with Gasteiger partial charge in [-0.15, -0.1) is 0 Å². The average molecular weight is 510 g/mol. The van der Waals surface area contributed by atoms with Crippen molar-refractivity contribution in [2.75, 3.05) is 12.4 Å². The minimum Gasteiger partial charge on any atom is -0.495 e. The number of benzene rings is 3. The highest BCUT2D eigenvalue weighted by Crippen LogP contribution is 2.23. The first kappa shape index (κ1) is 24.0. The van der Waals surface area contributed by atoms with Gasteiger partial charge in [0, 0.05) is 17.3 Å². The molecule has 8 heteroatoms. The first-order valence-corrected chi connectivity index (χ1v) is 11.0. The van der Waals surface area contributed by atoms with E-state index in [1.807, 2.05) is 54.6 Å². The van der Waals surface area contributed by atoms with Gasteiger partial charge in [0.1, 0.15) is 18.1 Å². The summed E-state index contributed by atoms with van der Waals surface area (Å²) in [6.07, 6.45) is 1.58. The molecule has 0 radical (unpaired) electrons. The third-order valence-electron chi connectivity index (χ3n) is 4.56. The summed E-state index contributed by atoms with van der Waals surface area (Å²) in [5.74, 6) is 0.665. The van der Waals surface area contributed by atoms with Crippen molar-refractivity contribution in [2.45, 2.75) is 19.4 Å². The van der Waals surface area contributed by atoms with E-state index in [1.165, 1.54) is 13.3 Å². The van der Waals surface area contributed by atoms with E-state index < -0.39 is 0 Å². The lowest BCUT2D eigenvalue weighted by Crippen LogP contribution is -2.20. The van der Waals surface area contributed by atoms with Crippen LogP contribution in [0.25, 0.3) is 0 Å². The van der Waals surface area contributed by atoms with Crippen molar-refractivity contribution in [2.24, 2.45) is 5.10 Å². The SMILES string of the molecule is COc1ccccc1NC(=O)CCC(=O)NN=Cc1ccc(OCc2ccc(Br)cc2)cc1. The summed E-state index contributed by atoms with van der Waals surface area (Å²) in [5, 5.41) is 6.67. The standard InChI is InChI=1S/C25H24BrN3O4/c1-32-23-5-3-2-4-22(23)28-24(30)14-15-25(31)29-27-16-18-8-12-21(13-9-18)33-17-19-6-10-20(26)11-7-19/h2-13,16H,14-15,17H2,1H3,(H,28,30)(H,29,31). The number of carbonyl (C=O) groups excluding carboxylic acids is 2. The minimum atomic E-state index is -0.351. The Morgan fingerprint density at radius 1 is 0.939 bits per heavy atom. The molecule has 33 heavy (non-hydrogen) atoms. The van der Waals surface area contributed by atoms with Crippen LogP contribution in [-0.2, 0) is 16.2 Å². The van der Waals surface area contributed by atoms with E-state index in [2.05, 4.69) is 31.8 Å². The third-order valence-corrected chi connectivity index (χ3v) is 5.09. The summed E-state index contributed by atoms with van der Waals surface area (Å²) in [4.78, 5) is 24.0. The molecule has 2 N–H and O–H groups in total. The fraction of sp³-hybridized carbons (Fsp3) is 0.160. The zero-order valence-electron chi connectivity index (χ0n) is 18.1. The number of rotatable bonds is 10. The number of hydrazone groups is 1. The van der Waals surface area contributed by atoms with Crippen molar-refractivity contribution in [1.29, 1.82) is 0 Å². The number of para-hydroxylation sites is 2. The Bertz CT molecular complexity index is 1100. The van der Waals surface area contributed by atoms with Crippen molar-refractivity contribution in [3.05, 3.63) is 88.4 Å². The lowest BCUT2D eigenvalue weighted by molar-refractivity contribution is -0.124. The van der Waals surface area contributed by atoms with E-state index in [0.717, 1.165) is 21.3 Å². The second-order valence-corrected chi connectivity index (χ2v) is 7.94. The van der Waals surface area contributed by atoms with Crippen LogP contribution < -0.4 is 20.2 Å². The monoisotopic (exact) mass is 509 g/mol. The highest BCUT2D eigenvalue weighted by Gasteiger charge is 2.09. The normalized spacial score (nSPS) is 10.6. The van der Waals surface area contributed by atoms with Gasteiger partial charge in [0.2, 0.25) is 11.8 Å². The Kier molecular flexibility index (Phi) is 9.02. The van der Waals surface area contributed by atoms with Gasteiger partial charge in [0.25, 0.3) is 0 Å². The predicted molar refractivity (Wildman–Crippen MR) is 132 cm³/mol. The summed E-state index contributed by atoms with van der Waals surface area (Å²) in [7, 11) is 1.53. The Morgan fingerprint density at radius 3 is 2.36 bits per heavy atom. The molecule has 0 saturated carbocycles. The Labute approximate surface area is 200 Å². The molecule has 3 rings (SSSR count). The van der Waals surface area contributed by atoms with Crippen molar-refractivity contribution < 1.29 is 19.1 Å². The van der Waals surface area contributed by atoms with Crippen LogP contribution in [0, 0.1) is 0 Å². The van der Waals surface area contributed by atoms with Crippen LogP contribution >= 0.6 is 15.9 Å². The maximum absolute atomic E-state index is 12.1. The molecule has 0 spiro atoms. The number of methoxy groups -OCH3 is 1. The number of carbonyl (C=O) groups is 2. The summed E-state index contributed by atoms with van der Waals surface area (Å²) in [6, 6.07) is 22.4. The molecule has 7 nitrogen and oxygen atoms in total. The Hall–Kier alpha value is -3.65. The lowest BCUT2D eigenvalue weighted by Gasteiger charge is -2.09. The molecule has 0 saturated heterocycles. The highest BCUT2D eigenvalue weighted by molar-refractivity contribution is 9.10. The Balaban J connectivity index is 1.38. The van der Waals surface area contributed by atoms with Crippen LogP contribution in [0.4, 0.5) is 5.69 Å². The van der Waals surface area contributed by atoms with Gasteiger partial charge < -0.3 is 14.8 Å². The zero-order valence-corrected chi connectivity index (χ0v) is 19.7. The smallest absolute Gasteiger partial charge is 0.240 e. The number of halogens is 1. The van der Waals surface area contributed by atoms with Crippen LogP contribution in [0.1, 0.15) is 24.0 Å². The van der Waals surface area contributed by atoms with E-state index in [0.29, 0.717) is 18.0 Å². The van der Waals surface area contributed by atoms with Gasteiger partial charge in [-0.3, -0.25) is 9.59 Å². The van der Waals surface area contributed by atoms with E-state index in [1.54, 1.807) is 18.2 Å². The van der Waals surface area contributed by atoms with Gasteiger partial charge in [-0.1, -0.05) is 40.2 Å². The molecular weight excluding hydrogens is 486 g/mol. The van der Waals surface area contributed by atoms with E-state index in [9.17, 15) is 9.59 Å². The molecule has 3 aromatic carbocycles. The lowest BCUT2D eigenvalue weighted by atomic mass is 10.2. The number of nitrogens with one attached hydrogen (secondary N) is 2. The van der Waals surface area contributed by atoms with E-state index >= 15 is 0 Å². The van der Waals surface area contributed by atoms with Gasteiger partial charge in [0.05, 0.1) is 19.0 Å². The molecule has 0 aromatic heterocycles. The molecule has 2 amide bonds. The molecule has 0 unspecified atom stereocenters. The van der Waals surface area contributed by atoms with Gasteiger partial charge in [-0.2, -0.15) is 5.10 Å². The average Bonchev–Trinajstić information content (AvgIpc) is 2.83. The van der Waals surface area contributed by atoms with Crippen LogP contribution in [0.3, 0.4) is 0 Å². The molecular formula is C25H24BrN3O4. The molecule has 0 aliphatic carbocycles. The summed E-state index contributed by atoms with van der Waals surface area (Å²) >= 11 is 3.41. The van der Waals surface area contributed by atoms with Gasteiger partial charge in [0.15, 0.2) is 0 Å². The van der Waals surface area contributed by atoms with Crippen molar-refractivity contribution in [3.63, 3.8) is 0 Å². The maximum Gasteiger partial charge on any atom is 0.240 e. The number of ether oxygens (including phenoxy) is 2. The first-order chi connectivity index (χ1) is 16.0. The summed E-state index contributed by atoms with van der Waals surface area (Å²) in [6.45, 7) is 0.474. The Morgan fingerprint density at radius 2 is 1.64 bits per heavy atom.